The van der Waals surface area contributed by atoms with Crippen LogP contribution in [-0.4, -0.2) is 46.4 Å². The molecule has 1 aliphatic rings. The standard InChI is InChI=1S/C20H26N6S/c1-15(16-6-4-3-5-7-16)25-9-8-17(13-25)23-19(21-2)22-12-18-14-26-10-11-27-20(26)24-18/h3-7,10-11,14-15,17H,8-9,12-13H2,1-2H3,(H2,21,22,23). The predicted molar refractivity (Wildman–Crippen MR) is 111 cm³/mol. The van der Waals surface area contributed by atoms with Gasteiger partial charge < -0.3 is 10.6 Å². The van der Waals surface area contributed by atoms with Gasteiger partial charge >= 0.3 is 0 Å². The minimum absolute atomic E-state index is 0.410. The minimum Gasteiger partial charge on any atom is -0.352 e. The van der Waals surface area contributed by atoms with Crippen molar-refractivity contribution in [1.29, 1.82) is 0 Å². The molecule has 4 rings (SSSR count). The SMILES string of the molecule is CN=C(NCc1cn2ccsc2n1)NC1CCN(C(C)c2ccccc2)C1. The van der Waals surface area contributed by atoms with Gasteiger partial charge in [0.05, 0.1) is 12.2 Å². The molecule has 3 heterocycles. The Bertz CT molecular complexity index is 871. The Balaban J connectivity index is 1.29. The Morgan fingerprint density at radius 2 is 2.22 bits per heavy atom. The Kier molecular flexibility index (Phi) is 5.40. The first-order chi connectivity index (χ1) is 13.2. The molecule has 27 heavy (non-hydrogen) atoms. The van der Waals surface area contributed by atoms with E-state index in [1.165, 1.54) is 5.56 Å². The number of rotatable bonds is 5. The zero-order chi connectivity index (χ0) is 18.6. The van der Waals surface area contributed by atoms with E-state index in [-0.39, 0.29) is 0 Å². The lowest BCUT2D eigenvalue weighted by Gasteiger charge is -2.25. The molecule has 2 aromatic heterocycles. The number of hydrogen-bond donors (Lipinski definition) is 2. The molecule has 0 aliphatic carbocycles. The van der Waals surface area contributed by atoms with Crippen LogP contribution in [0.4, 0.5) is 0 Å². The van der Waals surface area contributed by atoms with Gasteiger partial charge in [-0.1, -0.05) is 30.3 Å². The summed E-state index contributed by atoms with van der Waals surface area (Å²) in [5.74, 6) is 0.838. The van der Waals surface area contributed by atoms with Gasteiger partial charge in [0.25, 0.3) is 0 Å². The number of fused-ring (bicyclic) bond motifs is 1. The summed E-state index contributed by atoms with van der Waals surface area (Å²) in [5, 5.41) is 9.00. The summed E-state index contributed by atoms with van der Waals surface area (Å²) in [4.78, 5) is 12.5. The highest BCUT2D eigenvalue weighted by molar-refractivity contribution is 7.15. The molecule has 0 spiro atoms. The number of hydrogen-bond acceptors (Lipinski definition) is 4. The normalized spacial score (nSPS) is 19.5. The molecule has 7 heteroatoms. The Morgan fingerprint density at radius 1 is 1.37 bits per heavy atom. The fourth-order valence-corrected chi connectivity index (χ4v) is 4.34. The van der Waals surface area contributed by atoms with Gasteiger partial charge in [-0.3, -0.25) is 14.3 Å². The average molecular weight is 383 g/mol. The monoisotopic (exact) mass is 382 g/mol. The van der Waals surface area contributed by atoms with Crippen LogP contribution in [-0.2, 0) is 6.54 Å². The number of benzene rings is 1. The number of thiazole rings is 1. The van der Waals surface area contributed by atoms with E-state index in [9.17, 15) is 0 Å². The summed E-state index contributed by atoms with van der Waals surface area (Å²) < 4.78 is 2.05. The number of nitrogens with one attached hydrogen (secondary N) is 2. The third kappa shape index (κ3) is 4.14. The molecule has 0 radical (unpaired) electrons. The molecular formula is C20H26N6S. The van der Waals surface area contributed by atoms with E-state index in [1.807, 2.05) is 18.6 Å². The van der Waals surface area contributed by atoms with Gasteiger partial charge in [-0.25, -0.2) is 4.98 Å². The van der Waals surface area contributed by atoms with Crippen molar-refractivity contribution in [3.05, 3.63) is 59.4 Å². The van der Waals surface area contributed by atoms with Gasteiger partial charge in [0.1, 0.15) is 0 Å². The quantitative estimate of drug-likeness (QED) is 0.526. The van der Waals surface area contributed by atoms with Crippen molar-refractivity contribution in [3.63, 3.8) is 0 Å². The van der Waals surface area contributed by atoms with Gasteiger partial charge in [-0.2, -0.15) is 0 Å². The van der Waals surface area contributed by atoms with Crippen LogP contribution < -0.4 is 10.6 Å². The number of likely N-dealkylation sites (tertiary alicyclic amines) is 1. The fourth-order valence-electron chi connectivity index (χ4n) is 3.62. The summed E-state index contributed by atoms with van der Waals surface area (Å²) >= 11 is 1.65. The molecule has 1 aromatic carbocycles. The summed E-state index contributed by atoms with van der Waals surface area (Å²) in [7, 11) is 1.82. The third-order valence-corrected chi connectivity index (χ3v) is 5.96. The van der Waals surface area contributed by atoms with E-state index in [0.29, 0.717) is 18.6 Å². The minimum atomic E-state index is 0.410. The highest BCUT2D eigenvalue weighted by Gasteiger charge is 2.27. The smallest absolute Gasteiger partial charge is 0.193 e. The largest absolute Gasteiger partial charge is 0.352 e. The van der Waals surface area contributed by atoms with Crippen LogP contribution in [0, 0.1) is 0 Å². The Hall–Kier alpha value is -2.38. The van der Waals surface area contributed by atoms with Crippen LogP contribution in [0.2, 0.25) is 0 Å². The molecule has 1 aliphatic heterocycles. The molecule has 1 saturated heterocycles. The van der Waals surface area contributed by atoms with E-state index in [1.54, 1.807) is 11.3 Å². The molecule has 3 aromatic rings. The lowest BCUT2D eigenvalue weighted by Crippen LogP contribution is -2.44. The topological polar surface area (TPSA) is 57.0 Å². The van der Waals surface area contributed by atoms with Crippen LogP contribution in [0.15, 0.2) is 53.1 Å². The van der Waals surface area contributed by atoms with E-state index in [4.69, 9.17) is 0 Å². The van der Waals surface area contributed by atoms with Gasteiger partial charge in [-0.15, -0.1) is 11.3 Å². The van der Waals surface area contributed by atoms with Crippen LogP contribution in [0.1, 0.15) is 30.6 Å². The van der Waals surface area contributed by atoms with Crippen molar-refractivity contribution in [1.82, 2.24) is 24.9 Å². The molecule has 1 fully saturated rings. The third-order valence-electron chi connectivity index (χ3n) is 5.19. The van der Waals surface area contributed by atoms with Gasteiger partial charge in [0, 0.05) is 50.0 Å². The van der Waals surface area contributed by atoms with E-state index in [0.717, 1.165) is 36.1 Å². The van der Waals surface area contributed by atoms with Gasteiger partial charge in [-0.05, 0) is 18.9 Å². The van der Waals surface area contributed by atoms with E-state index in [2.05, 4.69) is 73.4 Å². The molecular weight excluding hydrogens is 356 g/mol. The van der Waals surface area contributed by atoms with Crippen molar-refractivity contribution in [2.24, 2.45) is 4.99 Å². The van der Waals surface area contributed by atoms with Crippen LogP contribution >= 0.6 is 11.3 Å². The maximum absolute atomic E-state index is 4.61. The number of guanidine groups is 1. The van der Waals surface area contributed by atoms with Crippen molar-refractivity contribution in [2.45, 2.75) is 32.0 Å². The Labute approximate surface area is 164 Å². The van der Waals surface area contributed by atoms with Crippen molar-refractivity contribution in [2.75, 3.05) is 20.1 Å². The van der Waals surface area contributed by atoms with Crippen LogP contribution in [0.25, 0.3) is 4.96 Å². The highest BCUT2D eigenvalue weighted by atomic mass is 32.1. The second-order valence-corrected chi connectivity index (χ2v) is 7.84. The maximum atomic E-state index is 4.61. The summed E-state index contributed by atoms with van der Waals surface area (Å²) in [5.41, 5.74) is 2.40. The van der Waals surface area contributed by atoms with Gasteiger partial charge in [0.15, 0.2) is 10.9 Å². The van der Waals surface area contributed by atoms with Crippen molar-refractivity contribution in [3.8, 4) is 0 Å². The zero-order valence-electron chi connectivity index (χ0n) is 15.8. The maximum Gasteiger partial charge on any atom is 0.193 e. The fraction of sp³-hybridized carbons (Fsp3) is 0.400. The molecule has 2 N–H and O–H groups in total. The first kappa shape index (κ1) is 18.0. The molecule has 2 atom stereocenters. The number of aromatic nitrogens is 2. The second kappa shape index (κ2) is 8.10. The summed E-state index contributed by atoms with van der Waals surface area (Å²) in [6, 6.07) is 11.6. The second-order valence-electron chi connectivity index (χ2n) is 6.96. The van der Waals surface area contributed by atoms with Crippen LogP contribution in [0.3, 0.4) is 0 Å². The molecule has 6 nitrogen and oxygen atoms in total. The first-order valence-corrected chi connectivity index (χ1v) is 10.3. The highest BCUT2D eigenvalue weighted by Crippen LogP contribution is 2.24. The Morgan fingerprint density at radius 3 is 3.00 bits per heavy atom. The number of nitrogens with zero attached hydrogens (tertiary/aromatic N) is 4. The number of aliphatic imine (C=N–C) groups is 1. The molecule has 142 valence electrons. The molecule has 0 saturated carbocycles. The predicted octanol–water partition coefficient (Wildman–Crippen LogP) is 2.90. The van der Waals surface area contributed by atoms with E-state index < -0.39 is 0 Å². The van der Waals surface area contributed by atoms with Crippen molar-refractivity contribution >= 4 is 22.3 Å². The van der Waals surface area contributed by atoms with Crippen molar-refractivity contribution < 1.29 is 0 Å². The average Bonchev–Trinajstić information content (AvgIpc) is 3.41. The van der Waals surface area contributed by atoms with Gasteiger partial charge in [0.2, 0.25) is 0 Å². The van der Waals surface area contributed by atoms with E-state index >= 15 is 0 Å². The summed E-state index contributed by atoms with van der Waals surface area (Å²) in [6.45, 7) is 5.08. The molecule has 0 amide bonds. The first-order valence-electron chi connectivity index (χ1n) is 9.40. The molecule has 0 bridgehead atoms. The molecule has 2 unspecified atom stereocenters. The summed E-state index contributed by atoms with van der Waals surface area (Å²) in [6.07, 6.45) is 5.22. The van der Waals surface area contributed by atoms with Crippen LogP contribution in [0.5, 0.6) is 0 Å². The number of imidazole rings is 1. The lowest BCUT2D eigenvalue weighted by molar-refractivity contribution is 0.258. The lowest BCUT2D eigenvalue weighted by atomic mass is 10.1. The zero-order valence-corrected chi connectivity index (χ0v) is 16.6.